The standard InChI is InChI=1S/C25H29N3O4/c1-16-19-12-21-22(32-11-10-31-21)13-20(19)25(8-2-3-9-25)15-28(16)23(29)14-27-18-6-4-17(5-7-18)24(26)30/h4-7,12-13,16,27H,2-3,8-11,14-15H2,1H3,(H2,26,30). The second-order valence-corrected chi connectivity index (χ2v) is 9.06. The number of nitrogens with one attached hydrogen (secondary N) is 1. The molecule has 32 heavy (non-hydrogen) atoms. The topological polar surface area (TPSA) is 93.9 Å². The molecule has 1 fully saturated rings. The van der Waals surface area contributed by atoms with E-state index in [9.17, 15) is 9.59 Å². The number of anilines is 1. The van der Waals surface area contributed by atoms with Crippen LogP contribution in [-0.2, 0) is 10.2 Å². The van der Waals surface area contributed by atoms with Crippen LogP contribution in [0.1, 0.15) is 60.1 Å². The number of hydrogen-bond acceptors (Lipinski definition) is 5. The summed E-state index contributed by atoms with van der Waals surface area (Å²) in [5, 5.41) is 3.19. The van der Waals surface area contributed by atoms with Gasteiger partial charge in [-0.25, -0.2) is 0 Å². The zero-order valence-electron chi connectivity index (χ0n) is 18.4. The van der Waals surface area contributed by atoms with Crippen LogP contribution in [0.25, 0.3) is 0 Å². The van der Waals surface area contributed by atoms with Gasteiger partial charge in [-0.2, -0.15) is 0 Å². The Labute approximate surface area is 187 Å². The van der Waals surface area contributed by atoms with Crippen LogP contribution in [0.3, 0.4) is 0 Å². The Bertz CT molecular complexity index is 1040. The van der Waals surface area contributed by atoms with E-state index in [4.69, 9.17) is 15.2 Å². The highest BCUT2D eigenvalue weighted by Crippen LogP contribution is 2.51. The molecule has 0 radical (unpaired) electrons. The number of carbonyl (C=O) groups excluding carboxylic acids is 2. The van der Waals surface area contributed by atoms with E-state index in [1.165, 1.54) is 24.0 Å². The first kappa shape index (κ1) is 20.7. The predicted molar refractivity (Wildman–Crippen MR) is 121 cm³/mol. The molecular formula is C25H29N3O4. The van der Waals surface area contributed by atoms with Crippen LogP contribution in [0, 0.1) is 0 Å². The van der Waals surface area contributed by atoms with Crippen LogP contribution in [0.5, 0.6) is 11.5 Å². The number of carbonyl (C=O) groups is 2. The van der Waals surface area contributed by atoms with E-state index in [-0.39, 0.29) is 23.9 Å². The molecule has 2 aliphatic heterocycles. The summed E-state index contributed by atoms with van der Waals surface area (Å²) < 4.78 is 11.7. The fourth-order valence-electron chi connectivity index (χ4n) is 5.44. The van der Waals surface area contributed by atoms with Gasteiger partial charge < -0.3 is 25.4 Å². The SMILES string of the molecule is CC1c2cc3c(cc2C2(CCCC2)CN1C(=O)CNc1ccc(C(N)=O)cc1)OCCO3. The zero-order chi connectivity index (χ0) is 22.3. The number of fused-ring (bicyclic) bond motifs is 3. The Morgan fingerprint density at radius 2 is 1.75 bits per heavy atom. The minimum absolute atomic E-state index is 0.0174. The van der Waals surface area contributed by atoms with Crippen molar-refractivity contribution in [2.75, 3.05) is 31.6 Å². The molecule has 2 amide bonds. The molecule has 7 heteroatoms. The average molecular weight is 436 g/mol. The highest BCUT2D eigenvalue weighted by Gasteiger charge is 2.46. The molecule has 7 nitrogen and oxygen atoms in total. The summed E-state index contributed by atoms with van der Waals surface area (Å²) in [6, 6.07) is 11.1. The fraction of sp³-hybridized carbons (Fsp3) is 0.440. The molecule has 5 rings (SSSR count). The Morgan fingerprint density at radius 3 is 2.41 bits per heavy atom. The maximum Gasteiger partial charge on any atom is 0.248 e. The lowest BCUT2D eigenvalue weighted by Crippen LogP contribution is -2.50. The Balaban J connectivity index is 1.39. The molecule has 1 saturated carbocycles. The number of nitrogens with two attached hydrogens (primary N) is 1. The molecule has 0 aromatic heterocycles. The van der Waals surface area contributed by atoms with Gasteiger partial charge in [-0.1, -0.05) is 12.8 Å². The molecule has 0 saturated heterocycles. The van der Waals surface area contributed by atoms with Crippen LogP contribution in [-0.4, -0.2) is 43.0 Å². The van der Waals surface area contributed by atoms with Gasteiger partial charge in [0, 0.05) is 23.2 Å². The first-order valence-electron chi connectivity index (χ1n) is 11.3. The van der Waals surface area contributed by atoms with Crippen molar-refractivity contribution in [3.05, 3.63) is 53.1 Å². The first-order chi connectivity index (χ1) is 15.5. The minimum atomic E-state index is -0.466. The van der Waals surface area contributed by atoms with Crippen LogP contribution in [0.2, 0.25) is 0 Å². The van der Waals surface area contributed by atoms with E-state index in [1.807, 2.05) is 4.90 Å². The Morgan fingerprint density at radius 1 is 1.09 bits per heavy atom. The average Bonchev–Trinajstić information content (AvgIpc) is 3.28. The first-order valence-corrected chi connectivity index (χ1v) is 11.3. The summed E-state index contributed by atoms with van der Waals surface area (Å²) >= 11 is 0. The van der Waals surface area contributed by atoms with Gasteiger partial charge in [-0.05, 0) is 67.3 Å². The molecule has 2 aromatic rings. The molecule has 3 aliphatic rings. The normalized spacial score (nSPS) is 20.7. The molecule has 0 bridgehead atoms. The van der Waals surface area contributed by atoms with Gasteiger partial charge in [0.25, 0.3) is 0 Å². The molecule has 2 heterocycles. The highest BCUT2D eigenvalue weighted by molar-refractivity contribution is 5.93. The minimum Gasteiger partial charge on any atom is -0.486 e. The van der Waals surface area contributed by atoms with Crippen molar-refractivity contribution in [3.8, 4) is 11.5 Å². The second kappa shape index (κ2) is 8.04. The maximum absolute atomic E-state index is 13.3. The lowest BCUT2D eigenvalue weighted by atomic mass is 9.71. The summed E-state index contributed by atoms with van der Waals surface area (Å²) in [6.45, 7) is 4.13. The van der Waals surface area contributed by atoms with E-state index in [0.717, 1.165) is 36.6 Å². The smallest absolute Gasteiger partial charge is 0.248 e. The van der Waals surface area contributed by atoms with E-state index < -0.39 is 5.91 Å². The van der Waals surface area contributed by atoms with Crippen LogP contribution in [0.4, 0.5) is 5.69 Å². The van der Waals surface area contributed by atoms with Gasteiger partial charge in [0.05, 0.1) is 12.6 Å². The lowest BCUT2D eigenvalue weighted by molar-refractivity contribution is -0.133. The fourth-order valence-corrected chi connectivity index (χ4v) is 5.44. The molecule has 168 valence electrons. The quantitative estimate of drug-likeness (QED) is 0.768. The van der Waals surface area contributed by atoms with E-state index in [1.54, 1.807) is 24.3 Å². The van der Waals surface area contributed by atoms with Crippen LogP contribution in [0.15, 0.2) is 36.4 Å². The maximum atomic E-state index is 13.3. The summed E-state index contributed by atoms with van der Waals surface area (Å²) in [6.07, 6.45) is 4.51. The van der Waals surface area contributed by atoms with Gasteiger partial charge in [-0.15, -0.1) is 0 Å². The molecule has 2 aromatic carbocycles. The van der Waals surface area contributed by atoms with E-state index >= 15 is 0 Å². The zero-order valence-corrected chi connectivity index (χ0v) is 18.4. The molecule has 1 spiro atoms. The van der Waals surface area contributed by atoms with Crippen molar-refractivity contribution < 1.29 is 19.1 Å². The summed E-state index contributed by atoms with van der Waals surface area (Å²) in [7, 11) is 0. The summed E-state index contributed by atoms with van der Waals surface area (Å²) in [5.41, 5.74) is 9.00. The summed E-state index contributed by atoms with van der Waals surface area (Å²) in [4.78, 5) is 26.6. The van der Waals surface area contributed by atoms with Gasteiger partial charge in [0.1, 0.15) is 13.2 Å². The van der Waals surface area contributed by atoms with Gasteiger partial charge in [0.15, 0.2) is 11.5 Å². The van der Waals surface area contributed by atoms with Crippen molar-refractivity contribution in [2.24, 2.45) is 5.73 Å². The third-order valence-electron chi connectivity index (χ3n) is 7.17. The number of primary amides is 1. The number of ether oxygens (including phenoxy) is 2. The van der Waals surface area contributed by atoms with Crippen molar-refractivity contribution in [1.82, 2.24) is 4.90 Å². The number of nitrogens with zero attached hydrogens (tertiary/aromatic N) is 1. The van der Waals surface area contributed by atoms with Gasteiger partial charge >= 0.3 is 0 Å². The third-order valence-corrected chi connectivity index (χ3v) is 7.17. The number of rotatable bonds is 4. The van der Waals surface area contributed by atoms with Gasteiger partial charge in [0.2, 0.25) is 11.8 Å². The third kappa shape index (κ3) is 3.55. The second-order valence-electron chi connectivity index (χ2n) is 9.06. The summed E-state index contributed by atoms with van der Waals surface area (Å²) in [5.74, 6) is 1.20. The van der Waals surface area contributed by atoms with E-state index in [2.05, 4.69) is 24.4 Å². The lowest BCUT2D eigenvalue weighted by Gasteiger charge is -2.46. The monoisotopic (exact) mass is 435 g/mol. The number of benzene rings is 2. The molecule has 1 unspecified atom stereocenters. The van der Waals surface area contributed by atoms with E-state index in [0.29, 0.717) is 18.8 Å². The Hall–Kier alpha value is -3.22. The van der Waals surface area contributed by atoms with Crippen LogP contribution < -0.4 is 20.5 Å². The van der Waals surface area contributed by atoms with Gasteiger partial charge in [-0.3, -0.25) is 9.59 Å². The van der Waals surface area contributed by atoms with Crippen molar-refractivity contribution in [3.63, 3.8) is 0 Å². The molecular weight excluding hydrogens is 406 g/mol. The molecule has 1 atom stereocenters. The largest absolute Gasteiger partial charge is 0.486 e. The molecule has 3 N–H and O–H groups in total. The highest BCUT2D eigenvalue weighted by atomic mass is 16.6. The van der Waals surface area contributed by atoms with Crippen LogP contribution >= 0.6 is 0 Å². The number of hydrogen-bond donors (Lipinski definition) is 2. The van der Waals surface area contributed by atoms with Crippen molar-refractivity contribution >= 4 is 17.5 Å². The van der Waals surface area contributed by atoms with Crippen molar-refractivity contribution in [2.45, 2.75) is 44.1 Å². The number of amides is 2. The predicted octanol–water partition coefficient (Wildman–Crippen LogP) is 3.38. The molecule has 1 aliphatic carbocycles. The van der Waals surface area contributed by atoms with Crippen molar-refractivity contribution in [1.29, 1.82) is 0 Å². The Kier molecular flexibility index (Phi) is 5.19.